The van der Waals surface area contributed by atoms with Gasteiger partial charge in [-0.05, 0) is 31.4 Å². The Kier molecular flexibility index (Phi) is 3.95. The van der Waals surface area contributed by atoms with E-state index in [2.05, 4.69) is 22.2 Å². The monoisotopic (exact) mass is 336 g/mol. The number of aromatic carboxylic acids is 1. The van der Waals surface area contributed by atoms with Crippen LogP contribution in [0.3, 0.4) is 0 Å². The number of benzene rings is 1. The van der Waals surface area contributed by atoms with Crippen LogP contribution in [0, 0.1) is 0 Å². The van der Waals surface area contributed by atoms with Crippen molar-refractivity contribution in [2.75, 3.05) is 5.32 Å². The molecular weight excluding hydrogens is 316 g/mol. The standard InChI is InChI=1S/C19H20N4O2/c1-2-3-4-16-20-10-14-13-8-5-11(19(24)25)9-15(13)22-18(17(14)23-16)21-12-6-7-12/h5,8-10,12H,2-4,6-7H2,1H3,(H,21,22)(H,24,25). The molecule has 1 fully saturated rings. The number of rotatable bonds is 6. The molecule has 0 radical (unpaired) electrons. The third-order valence-corrected chi connectivity index (χ3v) is 4.50. The Morgan fingerprint density at radius 2 is 2.12 bits per heavy atom. The maximum Gasteiger partial charge on any atom is 0.335 e. The van der Waals surface area contributed by atoms with Gasteiger partial charge in [-0.2, -0.15) is 0 Å². The summed E-state index contributed by atoms with van der Waals surface area (Å²) < 4.78 is 0. The van der Waals surface area contributed by atoms with Crippen molar-refractivity contribution < 1.29 is 9.90 Å². The van der Waals surface area contributed by atoms with Crippen LogP contribution in [0.25, 0.3) is 21.8 Å². The fourth-order valence-corrected chi connectivity index (χ4v) is 2.93. The smallest absolute Gasteiger partial charge is 0.335 e. The first kappa shape index (κ1) is 15.7. The van der Waals surface area contributed by atoms with Crippen LogP contribution in [-0.2, 0) is 6.42 Å². The molecule has 128 valence electrons. The van der Waals surface area contributed by atoms with E-state index in [9.17, 15) is 9.90 Å². The fraction of sp³-hybridized carbons (Fsp3) is 0.368. The number of unbranched alkanes of at least 4 members (excludes halogenated alkanes) is 1. The van der Waals surface area contributed by atoms with Gasteiger partial charge in [-0.25, -0.2) is 19.7 Å². The normalized spacial score (nSPS) is 14.1. The number of carboxylic acid groups (broad SMARTS) is 1. The van der Waals surface area contributed by atoms with Gasteiger partial charge in [-0.3, -0.25) is 0 Å². The number of aryl methyl sites for hydroxylation is 1. The van der Waals surface area contributed by atoms with E-state index < -0.39 is 5.97 Å². The molecule has 0 spiro atoms. The van der Waals surface area contributed by atoms with Gasteiger partial charge in [0.1, 0.15) is 11.3 Å². The van der Waals surface area contributed by atoms with Gasteiger partial charge in [0, 0.05) is 29.4 Å². The average molecular weight is 336 g/mol. The molecule has 0 saturated heterocycles. The third kappa shape index (κ3) is 3.12. The van der Waals surface area contributed by atoms with E-state index in [1.807, 2.05) is 6.20 Å². The topological polar surface area (TPSA) is 88.0 Å². The average Bonchev–Trinajstić information content (AvgIpc) is 3.43. The lowest BCUT2D eigenvalue weighted by atomic mass is 10.1. The van der Waals surface area contributed by atoms with Gasteiger partial charge in [0.25, 0.3) is 0 Å². The predicted octanol–water partition coefficient (Wildman–Crippen LogP) is 3.79. The number of aromatic nitrogens is 3. The summed E-state index contributed by atoms with van der Waals surface area (Å²) in [7, 11) is 0. The molecule has 2 N–H and O–H groups in total. The number of carboxylic acids is 1. The molecule has 3 aromatic rings. The predicted molar refractivity (Wildman–Crippen MR) is 97.1 cm³/mol. The first-order chi connectivity index (χ1) is 12.2. The maximum absolute atomic E-state index is 11.3. The molecular formula is C19H20N4O2. The summed E-state index contributed by atoms with van der Waals surface area (Å²) in [5.41, 5.74) is 1.71. The van der Waals surface area contributed by atoms with Crippen molar-refractivity contribution in [1.82, 2.24) is 15.0 Å². The van der Waals surface area contributed by atoms with E-state index in [4.69, 9.17) is 4.98 Å². The van der Waals surface area contributed by atoms with Crippen molar-refractivity contribution in [3.8, 4) is 0 Å². The van der Waals surface area contributed by atoms with E-state index in [1.54, 1.807) is 18.2 Å². The van der Waals surface area contributed by atoms with Crippen LogP contribution < -0.4 is 5.32 Å². The molecule has 1 aliphatic rings. The lowest BCUT2D eigenvalue weighted by Gasteiger charge is -2.11. The van der Waals surface area contributed by atoms with Crippen molar-refractivity contribution in [1.29, 1.82) is 0 Å². The summed E-state index contributed by atoms with van der Waals surface area (Å²) in [6, 6.07) is 5.44. The molecule has 6 nitrogen and oxygen atoms in total. The highest BCUT2D eigenvalue weighted by molar-refractivity contribution is 6.09. The first-order valence-corrected chi connectivity index (χ1v) is 8.75. The second-order valence-corrected chi connectivity index (χ2v) is 6.57. The molecule has 0 amide bonds. The van der Waals surface area contributed by atoms with E-state index in [0.717, 1.165) is 60.0 Å². The van der Waals surface area contributed by atoms with E-state index >= 15 is 0 Å². The maximum atomic E-state index is 11.3. The Bertz CT molecular complexity index is 966. The van der Waals surface area contributed by atoms with Gasteiger partial charge in [-0.15, -0.1) is 0 Å². The Labute approximate surface area is 145 Å². The lowest BCUT2D eigenvalue weighted by molar-refractivity contribution is 0.0697. The van der Waals surface area contributed by atoms with Crippen LogP contribution in [0.2, 0.25) is 0 Å². The second kappa shape index (κ2) is 6.27. The molecule has 4 rings (SSSR count). The van der Waals surface area contributed by atoms with Gasteiger partial charge >= 0.3 is 5.97 Å². The third-order valence-electron chi connectivity index (χ3n) is 4.50. The van der Waals surface area contributed by atoms with Crippen molar-refractivity contribution in [3.63, 3.8) is 0 Å². The van der Waals surface area contributed by atoms with Crippen molar-refractivity contribution in [2.24, 2.45) is 0 Å². The number of nitrogens with one attached hydrogen (secondary N) is 1. The second-order valence-electron chi connectivity index (χ2n) is 6.57. The van der Waals surface area contributed by atoms with Crippen LogP contribution in [-0.4, -0.2) is 32.1 Å². The molecule has 1 aromatic carbocycles. The fourth-order valence-electron chi connectivity index (χ4n) is 2.93. The Morgan fingerprint density at radius 1 is 1.28 bits per heavy atom. The lowest BCUT2D eigenvalue weighted by Crippen LogP contribution is -2.07. The highest BCUT2D eigenvalue weighted by atomic mass is 16.4. The van der Waals surface area contributed by atoms with Crippen molar-refractivity contribution in [2.45, 2.75) is 45.1 Å². The molecule has 0 unspecified atom stereocenters. The van der Waals surface area contributed by atoms with E-state index in [-0.39, 0.29) is 5.56 Å². The van der Waals surface area contributed by atoms with Crippen molar-refractivity contribution in [3.05, 3.63) is 35.8 Å². The highest BCUT2D eigenvalue weighted by Crippen LogP contribution is 2.32. The zero-order valence-electron chi connectivity index (χ0n) is 14.1. The Morgan fingerprint density at radius 3 is 2.84 bits per heavy atom. The van der Waals surface area contributed by atoms with Crippen LogP contribution in [0.1, 0.15) is 48.8 Å². The number of nitrogens with zero attached hydrogens (tertiary/aromatic N) is 3. The number of anilines is 1. The Hall–Kier alpha value is -2.76. The van der Waals surface area contributed by atoms with Crippen LogP contribution in [0.4, 0.5) is 5.82 Å². The SMILES string of the molecule is CCCCc1ncc2c(n1)c(NC1CC1)nc1cc(C(=O)O)ccc12. The molecule has 0 bridgehead atoms. The van der Waals surface area contributed by atoms with E-state index in [1.165, 1.54) is 0 Å². The zero-order chi connectivity index (χ0) is 17.4. The van der Waals surface area contributed by atoms with Crippen molar-refractivity contribution >= 4 is 33.6 Å². The first-order valence-electron chi connectivity index (χ1n) is 8.75. The zero-order valence-corrected chi connectivity index (χ0v) is 14.1. The summed E-state index contributed by atoms with van der Waals surface area (Å²) >= 11 is 0. The van der Waals surface area contributed by atoms with Gasteiger partial charge in [0.15, 0.2) is 5.82 Å². The summed E-state index contributed by atoms with van der Waals surface area (Å²) in [5, 5.41) is 14.5. The summed E-state index contributed by atoms with van der Waals surface area (Å²) in [6.45, 7) is 2.15. The Balaban J connectivity index is 1.91. The molecule has 1 saturated carbocycles. The molecule has 25 heavy (non-hydrogen) atoms. The summed E-state index contributed by atoms with van der Waals surface area (Å²) in [6.07, 6.45) is 7.11. The molecule has 2 aromatic heterocycles. The molecule has 6 heteroatoms. The minimum Gasteiger partial charge on any atom is -0.478 e. The number of carbonyl (C=O) groups is 1. The number of hydrogen-bond donors (Lipinski definition) is 2. The van der Waals surface area contributed by atoms with Crippen LogP contribution in [0.15, 0.2) is 24.4 Å². The van der Waals surface area contributed by atoms with Gasteiger partial charge in [0.05, 0.1) is 11.1 Å². The quantitative estimate of drug-likeness (QED) is 0.666. The largest absolute Gasteiger partial charge is 0.478 e. The number of hydrogen-bond acceptors (Lipinski definition) is 5. The van der Waals surface area contributed by atoms with Crippen LogP contribution >= 0.6 is 0 Å². The van der Waals surface area contributed by atoms with Crippen LogP contribution in [0.5, 0.6) is 0 Å². The minimum absolute atomic E-state index is 0.234. The highest BCUT2D eigenvalue weighted by Gasteiger charge is 2.23. The minimum atomic E-state index is -0.952. The van der Waals surface area contributed by atoms with Gasteiger partial charge < -0.3 is 10.4 Å². The van der Waals surface area contributed by atoms with Gasteiger partial charge in [-0.1, -0.05) is 19.4 Å². The summed E-state index contributed by atoms with van der Waals surface area (Å²) in [5.74, 6) is 0.607. The molecule has 0 atom stereocenters. The number of fused-ring (bicyclic) bond motifs is 3. The molecule has 1 aliphatic carbocycles. The molecule has 2 heterocycles. The van der Waals surface area contributed by atoms with Gasteiger partial charge in [0.2, 0.25) is 0 Å². The number of pyridine rings is 1. The van der Waals surface area contributed by atoms with E-state index in [0.29, 0.717) is 11.6 Å². The summed E-state index contributed by atoms with van der Waals surface area (Å²) in [4.78, 5) is 25.2. The molecule has 0 aliphatic heterocycles.